The lowest BCUT2D eigenvalue weighted by molar-refractivity contribution is -0.384. The zero-order chi connectivity index (χ0) is 9.68. The van der Waals surface area contributed by atoms with Gasteiger partial charge >= 0.3 is 0 Å². The average Bonchev–Trinajstić information content (AvgIpc) is 2.15. The molecule has 0 aromatic heterocycles. The van der Waals surface area contributed by atoms with Crippen LogP contribution in [0.15, 0.2) is 24.3 Å². The van der Waals surface area contributed by atoms with Crippen molar-refractivity contribution in [2.24, 2.45) is 0 Å². The van der Waals surface area contributed by atoms with E-state index in [9.17, 15) is 10.1 Å². The Morgan fingerprint density at radius 3 is 2.46 bits per heavy atom. The van der Waals surface area contributed by atoms with E-state index in [-0.39, 0.29) is 11.6 Å². The monoisotopic (exact) mass is 198 g/mol. The number of nitro groups is 1. The van der Waals surface area contributed by atoms with Gasteiger partial charge in [-0.2, -0.15) is 0 Å². The average molecular weight is 198 g/mol. The molecule has 0 amide bonds. The zero-order valence-electron chi connectivity index (χ0n) is 6.80. The van der Waals surface area contributed by atoms with E-state index < -0.39 is 4.92 Å². The van der Waals surface area contributed by atoms with Crippen molar-refractivity contribution in [3.05, 3.63) is 39.9 Å². The van der Waals surface area contributed by atoms with Crippen LogP contribution in [0.2, 0.25) is 0 Å². The van der Waals surface area contributed by atoms with E-state index in [1.807, 2.05) is 0 Å². The van der Waals surface area contributed by atoms with Gasteiger partial charge in [-0.15, -0.1) is 0 Å². The zero-order valence-corrected chi connectivity index (χ0v) is 7.62. The van der Waals surface area contributed by atoms with Crippen molar-refractivity contribution in [2.45, 2.75) is 6.61 Å². The van der Waals surface area contributed by atoms with Crippen LogP contribution < -0.4 is 0 Å². The number of non-ortho nitro benzene ring substituents is 1. The first-order valence-corrected chi connectivity index (χ1v) is 4.21. The molecule has 0 heterocycles. The molecule has 0 atom stereocenters. The topological polar surface area (TPSA) is 52.4 Å². The van der Waals surface area contributed by atoms with Crippen LogP contribution in [-0.2, 0) is 11.3 Å². The smallest absolute Gasteiger partial charge is 0.269 e. The molecule has 0 spiro atoms. The summed E-state index contributed by atoms with van der Waals surface area (Å²) in [5.74, 6) is 0.233. The third-order valence-electron chi connectivity index (χ3n) is 1.50. The SMILES string of the molecule is O=[N+]([O-])c1ccc(COC[S])cc1. The summed E-state index contributed by atoms with van der Waals surface area (Å²) < 4.78 is 4.96. The van der Waals surface area contributed by atoms with Gasteiger partial charge < -0.3 is 4.74 Å². The molecule has 5 heteroatoms. The number of hydrogen-bond donors (Lipinski definition) is 0. The van der Waals surface area contributed by atoms with Crippen molar-refractivity contribution in [2.75, 3.05) is 5.94 Å². The van der Waals surface area contributed by atoms with E-state index in [2.05, 4.69) is 12.6 Å². The molecule has 1 aromatic carbocycles. The molecule has 13 heavy (non-hydrogen) atoms. The number of benzene rings is 1. The van der Waals surface area contributed by atoms with E-state index in [1.165, 1.54) is 12.1 Å². The standard InChI is InChI=1S/C8H8NO3S/c10-9(11)8-3-1-7(2-4-8)5-12-6-13/h1-4H,5-6H2. The first-order chi connectivity index (χ1) is 6.24. The predicted octanol–water partition coefficient (Wildman–Crippen LogP) is 2.27. The second-order valence-corrected chi connectivity index (χ2v) is 2.63. The first kappa shape index (κ1) is 10.0. The Labute approximate surface area is 81.1 Å². The Bertz CT molecular complexity index is 286. The molecule has 4 nitrogen and oxygen atoms in total. The second-order valence-electron chi connectivity index (χ2n) is 2.39. The van der Waals surface area contributed by atoms with Crippen molar-refractivity contribution in [1.29, 1.82) is 0 Å². The minimum atomic E-state index is -0.433. The largest absolute Gasteiger partial charge is 0.365 e. The molecule has 0 bridgehead atoms. The Balaban J connectivity index is 2.64. The molecule has 0 aliphatic rings. The molecule has 0 saturated heterocycles. The molecule has 69 valence electrons. The summed E-state index contributed by atoms with van der Waals surface area (Å²) in [5, 5.41) is 10.3. The van der Waals surface area contributed by atoms with Gasteiger partial charge in [0, 0.05) is 12.1 Å². The fourth-order valence-corrected chi connectivity index (χ4v) is 0.957. The Kier molecular flexibility index (Phi) is 3.72. The third-order valence-corrected chi connectivity index (χ3v) is 1.67. The van der Waals surface area contributed by atoms with Crippen molar-refractivity contribution < 1.29 is 9.66 Å². The minimum absolute atomic E-state index is 0.0853. The van der Waals surface area contributed by atoms with Crippen molar-refractivity contribution in [3.8, 4) is 0 Å². The van der Waals surface area contributed by atoms with Gasteiger partial charge in [0.15, 0.2) is 0 Å². The maximum absolute atomic E-state index is 10.3. The fraction of sp³-hybridized carbons (Fsp3) is 0.250. The minimum Gasteiger partial charge on any atom is -0.365 e. The van der Waals surface area contributed by atoms with Gasteiger partial charge in [0.05, 0.1) is 11.5 Å². The summed E-state index contributed by atoms with van der Waals surface area (Å²) in [6, 6.07) is 6.20. The van der Waals surface area contributed by atoms with Gasteiger partial charge in [-0.25, -0.2) is 0 Å². The quantitative estimate of drug-likeness (QED) is 0.550. The Morgan fingerprint density at radius 2 is 2.00 bits per heavy atom. The van der Waals surface area contributed by atoms with Crippen LogP contribution >= 0.6 is 12.6 Å². The van der Waals surface area contributed by atoms with Gasteiger partial charge in [0.1, 0.15) is 5.94 Å². The van der Waals surface area contributed by atoms with Gasteiger partial charge in [0.2, 0.25) is 0 Å². The second kappa shape index (κ2) is 4.84. The predicted molar refractivity (Wildman–Crippen MR) is 50.3 cm³/mol. The van der Waals surface area contributed by atoms with Gasteiger partial charge in [0.25, 0.3) is 5.69 Å². The maximum atomic E-state index is 10.3. The van der Waals surface area contributed by atoms with Gasteiger partial charge in [-0.3, -0.25) is 10.1 Å². The van der Waals surface area contributed by atoms with Crippen LogP contribution in [0.4, 0.5) is 5.69 Å². The molecule has 0 saturated carbocycles. The molecule has 1 rings (SSSR count). The Morgan fingerprint density at radius 1 is 1.38 bits per heavy atom. The molecule has 0 aliphatic heterocycles. The third kappa shape index (κ3) is 3.04. The number of hydrogen-bond acceptors (Lipinski definition) is 3. The van der Waals surface area contributed by atoms with E-state index in [0.717, 1.165) is 5.56 Å². The molecule has 0 fully saturated rings. The summed E-state index contributed by atoms with van der Waals surface area (Å²) >= 11 is 4.59. The van der Waals surface area contributed by atoms with Crippen LogP contribution in [0.25, 0.3) is 0 Å². The van der Waals surface area contributed by atoms with Gasteiger partial charge in [-0.1, -0.05) is 12.6 Å². The van der Waals surface area contributed by atoms with Crippen molar-refractivity contribution in [1.82, 2.24) is 0 Å². The van der Waals surface area contributed by atoms with E-state index in [1.54, 1.807) is 12.1 Å². The van der Waals surface area contributed by atoms with E-state index >= 15 is 0 Å². The summed E-state index contributed by atoms with van der Waals surface area (Å²) in [6.07, 6.45) is 0. The van der Waals surface area contributed by atoms with Crippen LogP contribution in [0.1, 0.15) is 5.56 Å². The van der Waals surface area contributed by atoms with Crippen LogP contribution in [-0.4, -0.2) is 10.9 Å². The highest BCUT2D eigenvalue weighted by Gasteiger charge is 2.03. The summed E-state index contributed by atoms with van der Waals surface area (Å²) in [4.78, 5) is 9.85. The molecule has 1 aromatic rings. The van der Waals surface area contributed by atoms with Gasteiger partial charge in [-0.05, 0) is 17.7 Å². The molecule has 0 aliphatic carbocycles. The van der Waals surface area contributed by atoms with Crippen LogP contribution in [0, 0.1) is 10.1 Å². The normalized spacial score (nSPS) is 9.92. The lowest BCUT2D eigenvalue weighted by Crippen LogP contribution is -1.91. The van der Waals surface area contributed by atoms with Crippen molar-refractivity contribution >= 4 is 18.3 Å². The lowest BCUT2D eigenvalue weighted by atomic mass is 10.2. The molecule has 0 unspecified atom stereocenters. The van der Waals surface area contributed by atoms with Crippen molar-refractivity contribution in [3.63, 3.8) is 0 Å². The highest BCUT2D eigenvalue weighted by atomic mass is 32.1. The maximum Gasteiger partial charge on any atom is 0.269 e. The van der Waals surface area contributed by atoms with E-state index in [0.29, 0.717) is 6.61 Å². The number of nitrogens with zero attached hydrogens (tertiary/aromatic N) is 1. The molecular formula is C8H8NO3S. The summed E-state index contributed by atoms with van der Waals surface area (Å²) in [7, 11) is 0. The highest BCUT2D eigenvalue weighted by molar-refractivity contribution is 7.80. The number of ether oxygens (including phenoxy) is 1. The first-order valence-electron chi connectivity index (χ1n) is 3.63. The Hall–Kier alpha value is -1.07. The number of rotatable bonds is 4. The summed E-state index contributed by atoms with van der Waals surface area (Å²) in [6.45, 7) is 0.404. The van der Waals surface area contributed by atoms with E-state index in [4.69, 9.17) is 4.74 Å². The number of nitro benzene ring substituents is 1. The fourth-order valence-electron chi connectivity index (χ4n) is 0.873. The summed E-state index contributed by atoms with van der Waals surface area (Å²) in [5.41, 5.74) is 0.970. The molecule has 0 N–H and O–H groups in total. The molecular weight excluding hydrogens is 190 g/mol. The highest BCUT2D eigenvalue weighted by Crippen LogP contribution is 2.12. The lowest BCUT2D eigenvalue weighted by Gasteiger charge is -1.99. The molecule has 1 radical (unpaired) electrons. The van der Waals surface area contributed by atoms with Crippen LogP contribution in [0.5, 0.6) is 0 Å². The van der Waals surface area contributed by atoms with Crippen LogP contribution in [0.3, 0.4) is 0 Å².